The van der Waals surface area contributed by atoms with Crippen molar-refractivity contribution in [3.05, 3.63) is 71.5 Å². The van der Waals surface area contributed by atoms with E-state index in [1.165, 1.54) is 0 Å². The Bertz CT molecular complexity index is 1080. The van der Waals surface area contributed by atoms with Crippen molar-refractivity contribution in [3.8, 4) is 0 Å². The molecule has 0 saturated carbocycles. The van der Waals surface area contributed by atoms with Gasteiger partial charge in [-0.15, -0.1) is 0 Å². The summed E-state index contributed by atoms with van der Waals surface area (Å²) in [5.74, 6) is 0.0558. The molecule has 0 bridgehead atoms. The second-order valence-electron chi connectivity index (χ2n) is 8.55. The lowest BCUT2D eigenvalue weighted by molar-refractivity contribution is -0.116. The number of benzene rings is 3. The van der Waals surface area contributed by atoms with Crippen LogP contribution in [0.25, 0.3) is 21.5 Å². The molecule has 0 spiro atoms. The SMILES string of the molecule is CC(C)(C)N=CC1=C(O)CC(c2c3ccccc3cc3ccccc23)CC1=O. The van der Waals surface area contributed by atoms with E-state index < -0.39 is 0 Å². The zero-order valence-electron chi connectivity index (χ0n) is 16.6. The molecular formula is C25H25NO2. The molecular weight excluding hydrogens is 346 g/mol. The number of allylic oxidation sites excluding steroid dienone is 2. The highest BCUT2D eigenvalue weighted by Crippen LogP contribution is 2.40. The van der Waals surface area contributed by atoms with Gasteiger partial charge in [-0.25, -0.2) is 0 Å². The Labute approximate surface area is 165 Å². The van der Waals surface area contributed by atoms with Gasteiger partial charge in [-0.1, -0.05) is 48.5 Å². The van der Waals surface area contributed by atoms with E-state index in [9.17, 15) is 9.90 Å². The number of ketones is 1. The predicted molar refractivity (Wildman–Crippen MR) is 116 cm³/mol. The predicted octanol–water partition coefficient (Wildman–Crippen LogP) is 6.12. The van der Waals surface area contributed by atoms with Gasteiger partial charge in [0.2, 0.25) is 0 Å². The summed E-state index contributed by atoms with van der Waals surface area (Å²) >= 11 is 0. The van der Waals surface area contributed by atoms with Crippen LogP contribution in [0.5, 0.6) is 0 Å². The molecule has 4 rings (SSSR count). The summed E-state index contributed by atoms with van der Waals surface area (Å²) < 4.78 is 0. The van der Waals surface area contributed by atoms with Crippen LogP contribution in [0.15, 0.2) is 70.9 Å². The van der Waals surface area contributed by atoms with Crippen LogP contribution >= 0.6 is 0 Å². The summed E-state index contributed by atoms with van der Waals surface area (Å²) in [6.45, 7) is 5.92. The molecule has 0 heterocycles. The zero-order chi connectivity index (χ0) is 19.9. The lowest BCUT2D eigenvalue weighted by Crippen LogP contribution is -2.21. The number of aliphatic hydroxyl groups excluding tert-OH is 1. The van der Waals surface area contributed by atoms with Gasteiger partial charge in [0, 0.05) is 19.1 Å². The highest BCUT2D eigenvalue weighted by Gasteiger charge is 2.30. The summed E-state index contributed by atoms with van der Waals surface area (Å²) in [6.07, 6.45) is 2.39. The van der Waals surface area contributed by atoms with Gasteiger partial charge in [0.25, 0.3) is 0 Å². The number of nitrogens with zero attached hydrogens (tertiary/aromatic N) is 1. The van der Waals surface area contributed by atoms with Crippen LogP contribution in [0.1, 0.15) is 45.1 Å². The monoisotopic (exact) mass is 371 g/mol. The number of aliphatic imine (C=N–C) groups is 1. The van der Waals surface area contributed by atoms with Crippen LogP contribution in [0, 0.1) is 0 Å². The van der Waals surface area contributed by atoms with Gasteiger partial charge < -0.3 is 5.11 Å². The van der Waals surface area contributed by atoms with Crippen molar-refractivity contribution < 1.29 is 9.90 Å². The number of carbonyl (C=O) groups is 1. The van der Waals surface area contributed by atoms with Crippen molar-refractivity contribution >= 4 is 33.5 Å². The first kappa shape index (κ1) is 18.4. The number of rotatable bonds is 2. The largest absolute Gasteiger partial charge is 0.511 e. The molecule has 1 atom stereocenters. The second kappa shape index (κ2) is 6.90. The summed E-state index contributed by atoms with van der Waals surface area (Å²) in [4.78, 5) is 17.3. The Morgan fingerprint density at radius 2 is 1.54 bits per heavy atom. The van der Waals surface area contributed by atoms with E-state index in [2.05, 4.69) is 35.3 Å². The average molecular weight is 371 g/mol. The maximum atomic E-state index is 12.9. The first-order chi connectivity index (χ1) is 13.3. The Morgan fingerprint density at radius 3 is 2.07 bits per heavy atom. The number of Topliss-reactive ketones (excluding diaryl/α,β-unsaturated/α-hetero) is 1. The van der Waals surface area contributed by atoms with Crippen molar-refractivity contribution in [2.75, 3.05) is 0 Å². The minimum Gasteiger partial charge on any atom is -0.511 e. The van der Waals surface area contributed by atoms with Crippen LogP contribution in [-0.4, -0.2) is 22.6 Å². The van der Waals surface area contributed by atoms with E-state index in [1.54, 1.807) is 6.21 Å². The molecule has 0 aromatic heterocycles. The topological polar surface area (TPSA) is 49.7 Å². The van der Waals surface area contributed by atoms with Gasteiger partial charge in [0.15, 0.2) is 5.78 Å². The molecule has 0 amide bonds. The molecule has 3 aromatic carbocycles. The van der Waals surface area contributed by atoms with E-state index in [1.807, 2.05) is 45.0 Å². The van der Waals surface area contributed by atoms with Crippen LogP contribution < -0.4 is 0 Å². The highest BCUT2D eigenvalue weighted by atomic mass is 16.3. The van der Waals surface area contributed by atoms with Crippen LogP contribution in [0.4, 0.5) is 0 Å². The van der Waals surface area contributed by atoms with Crippen molar-refractivity contribution in [1.29, 1.82) is 0 Å². The Morgan fingerprint density at radius 1 is 0.964 bits per heavy atom. The summed E-state index contributed by atoms with van der Waals surface area (Å²) in [6, 6.07) is 18.7. The van der Waals surface area contributed by atoms with Crippen LogP contribution in [0.2, 0.25) is 0 Å². The van der Waals surface area contributed by atoms with Crippen molar-refractivity contribution in [2.45, 2.75) is 45.1 Å². The quantitative estimate of drug-likeness (QED) is 0.436. The number of carbonyl (C=O) groups excluding carboxylic acids is 1. The lowest BCUT2D eigenvalue weighted by atomic mass is 9.79. The van der Waals surface area contributed by atoms with Crippen LogP contribution in [-0.2, 0) is 4.79 Å². The fourth-order valence-corrected chi connectivity index (χ4v) is 4.01. The first-order valence-electron chi connectivity index (χ1n) is 9.74. The normalized spacial score (nSPS) is 18.5. The fourth-order valence-electron chi connectivity index (χ4n) is 4.01. The Hall–Kier alpha value is -2.94. The number of aliphatic hydroxyl groups is 1. The molecule has 3 heteroatoms. The maximum Gasteiger partial charge on any atom is 0.168 e. The molecule has 1 N–H and O–H groups in total. The lowest BCUT2D eigenvalue weighted by Gasteiger charge is -2.25. The van der Waals surface area contributed by atoms with E-state index in [-0.39, 0.29) is 23.0 Å². The number of fused-ring (bicyclic) bond motifs is 2. The van der Waals surface area contributed by atoms with E-state index in [0.717, 1.165) is 27.1 Å². The molecule has 1 unspecified atom stereocenters. The first-order valence-corrected chi connectivity index (χ1v) is 9.74. The molecule has 142 valence electrons. The second-order valence-corrected chi connectivity index (χ2v) is 8.55. The summed E-state index contributed by atoms with van der Waals surface area (Å²) in [5, 5.41) is 15.3. The maximum absolute atomic E-state index is 12.9. The average Bonchev–Trinajstić information content (AvgIpc) is 2.64. The third kappa shape index (κ3) is 3.45. The molecule has 0 saturated heterocycles. The van der Waals surface area contributed by atoms with Gasteiger partial charge in [-0.3, -0.25) is 9.79 Å². The van der Waals surface area contributed by atoms with E-state index >= 15 is 0 Å². The minimum atomic E-state index is -0.282. The molecule has 3 aromatic rings. The third-order valence-electron chi connectivity index (χ3n) is 5.28. The molecule has 0 fully saturated rings. The van der Waals surface area contributed by atoms with E-state index in [0.29, 0.717) is 18.4 Å². The van der Waals surface area contributed by atoms with Crippen LogP contribution in [0.3, 0.4) is 0 Å². The standard InChI is InChI=1S/C25H25NO2/c1-25(2,3)26-15-21-22(27)13-18(14-23(21)28)24-19-10-6-4-8-16(19)12-17-9-5-7-11-20(17)24/h4-12,15,18,27H,13-14H2,1-3H3. The smallest absolute Gasteiger partial charge is 0.168 e. The molecule has 0 radical (unpaired) electrons. The molecule has 1 aliphatic rings. The molecule has 3 nitrogen and oxygen atoms in total. The van der Waals surface area contributed by atoms with Gasteiger partial charge >= 0.3 is 0 Å². The molecule has 1 aliphatic carbocycles. The summed E-state index contributed by atoms with van der Waals surface area (Å²) in [5.41, 5.74) is 1.23. The number of hydrogen-bond acceptors (Lipinski definition) is 3. The Kier molecular flexibility index (Phi) is 4.54. The van der Waals surface area contributed by atoms with Gasteiger partial charge in [0.05, 0.1) is 11.1 Å². The fraction of sp³-hybridized carbons (Fsp3) is 0.280. The summed E-state index contributed by atoms with van der Waals surface area (Å²) in [7, 11) is 0. The zero-order valence-corrected chi connectivity index (χ0v) is 16.6. The third-order valence-corrected chi connectivity index (χ3v) is 5.28. The van der Waals surface area contributed by atoms with E-state index in [4.69, 9.17) is 0 Å². The Balaban J connectivity index is 1.84. The van der Waals surface area contributed by atoms with Crippen molar-refractivity contribution in [2.24, 2.45) is 4.99 Å². The highest BCUT2D eigenvalue weighted by molar-refractivity contribution is 6.15. The molecule has 0 aliphatic heterocycles. The number of hydrogen-bond donors (Lipinski definition) is 1. The van der Waals surface area contributed by atoms with Gasteiger partial charge in [0.1, 0.15) is 5.76 Å². The van der Waals surface area contributed by atoms with Gasteiger partial charge in [-0.05, 0) is 59.9 Å². The van der Waals surface area contributed by atoms with Gasteiger partial charge in [-0.2, -0.15) is 0 Å². The molecule has 28 heavy (non-hydrogen) atoms. The minimum absolute atomic E-state index is 0.0428. The van der Waals surface area contributed by atoms with Crippen molar-refractivity contribution in [3.63, 3.8) is 0 Å². The van der Waals surface area contributed by atoms with Crippen molar-refractivity contribution in [1.82, 2.24) is 0 Å².